The SMILES string of the molecule is C=CCO[C@H]1/C=C/[C@H](OC)[C@@H]2CC[C@H]2CN2Cc3ccc(Cl)cc3CCCCOc3ccc(cc32)C(=O)N=S(=O)(NC(=O)c2cn(C)nc2OC)C[C@H]1C. The van der Waals surface area contributed by atoms with E-state index in [0.29, 0.717) is 30.5 Å². The van der Waals surface area contributed by atoms with E-state index < -0.39 is 33.8 Å². The van der Waals surface area contributed by atoms with E-state index in [1.54, 1.807) is 38.4 Å². The molecule has 2 aliphatic heterocycles. The van der Waals surface area contributed by atoms with Gasteiger partial charge in [0.1, 0.15) is 21.2 Å². The zero-order chi connectivity index (χ0) is 38.4. The molecule has 2 bridgehead atoms. The Bertz CT molecular complexity index is 2010. The number of amides is 2. The van der Waals surface area contributed by atoms with Gasteiger partial charge in [0.25, 0.3) is 11.8 Å². The van der Waals surface area contributed by atoms with Crippen LogP contribution in [-0.2, 0) is 39.4 Å². The third-order valence-corrected chi connectivity index (χ3v) is 12.6. The molecule has 1 aromatic heterocycles. The first-order valence-corrected chi connectivity index (χ1v) is 20.5. The lowest BCUT2D eigenvalue weighted by Gasteiger charge is -2.43. The van der Waals surface area contributed by atoms with Crippen LogP contribution in [0.4, 0.5) is 5.69 Å². The molecule has 1 fully saturated rings. The van der Waals surface area contributed by atoms with Crippen molar-refractivity contribution in [3.63, 3.8) is 0 Å². The van der Waals surface area contributed by atoms with Gasteiger partial charge in [0.15, 0.2) is 0 Å². The highest BCUT2D eigenvalue weighted by molar-refractivity contribution is 7.92. The molecule has 0 saturated heterocycles. The number of hydrogen-bond donors (Lipinski definition) is 1. The molecule has 0 spiro atoms. The van der Waals surface area contributed by atoms with Crippen molar-refractivity contribution in [2.75, 3.05) is 44.6 Å². The molecule has 1 unspecified atom stereocenters. The van der Waals surface area contributed by atoms with Crippen molar-refractivity contribution in [3.8, 4) is 11.6 Å². The standard InChI is InChI=1S/C40H50ClN5O7S/c1-6-18-52-35-16-17-36(50-4)32-14-11-30(32)23-46-22-29-10-13-31(41)20-27(29)9-7-8-19-53-37-15-12-28(21-34(37)46)38(47)43-54(49,25-26(35)2)44-39(48)33-24-45(3)42-40(33)51-5/h6,10,12-13,15-17,20-21,24,26,30,32,35-36H,1,7-9,11,14,18-19,22-23,25H2,2-5H3,(H,43,44,47,48,49)/b17-16+/t26-,30+,32-,35+,36+,54?/m1/s1. The van der Waals surface area contributed by atoms with E-state index in [1.807, 2.05) is 31.2 Å². The van der Waals surface area contributed by atoms with E-state index in [0.717, 1.165) is 43.4 Å². The molecule has 1 saturated carbocycles. The van der Waals surface area contributed by atoms with Crippen LogP contribution in [0, 0.1) is 17.8 Å². The smallest absolute Gasteiger partial charge is 0.286 e. The van der Waals surface area contributed by atoms with Gasteiger partial charge in [0.05, 0.1) is 44.0 Å². The maximum Gasteiger partial charge on any atom is 0.286 e. The molecule has 12 nitrogen and oxygen atoms in total. The van der Waals surface area contributed by atoms with Crippen LogP contribution in [-0.4, -0.2) is 77.7 Å². The molecule has 3 aliphatic rings. The zero-order valence-electron chi connectivity index (χ0n) is 31.4. The highest BCUT2D eigenvalue weighted by Gasteiger charge is 2.38. The number of hydrogen-bond acceptors (Lipinski definition) is 9. The summed E-state index contributed by atoms with van der Waals surface area (Å²) >= 11 is 6.48. The maximum absolute atomic E-state index is 14.9. The number of carbonyl (C=O) groups is 2. The Morgan fingerprint density at radius 3 is 2.69 bits per heavy atom. The monoisotopic (exact) mass is 779 g/mol. The number of carbonyl (C=O) groups excluding carboxylic acids is 2. The Balaban J connectivity index is 1.49. The molecule has 6 rings (SSSR count). The van der Waals surface area contributed by atoms with E-state index in [9.17, 15) is 13.8 Å². The number of ether oxygens (including phenoxy) is 4. The molecule has 14 heteroatoms. The number of benzene rings is 2. The molecule has 2 aromatic carbocycles. The first-order chi connectivity index (χ1) is 26.0. The van der Waals surface area contributed by atoms with Crippen molar-refractivity contribution >= 4 is 39.0 Å². The minimum Gasteiger partial charge on any atom is -0.491 e. The molecular weight excluding hydrogens is 730 g/mol. The fourth-order valence-corrected chi connectivity index (χ4v) is 9.58. The molecule has 6 atom stereocenters. The van der Waals surface area contributed by atoms with E-state index in [4.69, 9.17) is 30.5 Å². The summed E-state index contributed by atoms with van der Waals surface area (Å²) in [6.45, 7) is 7.63. The Hall–Kier alpha value is -4.17. The largest absolute Gasteiger partial charge is 0.491 e. The van der Waals surface area contributed by atoms with Crippen LogP contribution < -0.4 is 19.1 Å². The molecular formula is C40H50ClN5O7S. The maximum atomic E-state index is 14.9. The number of methoxy groups -OCH3 is 2. The molecule has 1 aliphatic carbocycles. The molecule has 54 heavy (non-hydrogen) atoms. The van der Waals surface area contributed by atoms with Crippen molar-refractivity contribution in [1.29, 1.82) is 0 Å². The Morgan fingerprint density at radius 2 is 1.94 bits per heavy atom. The fourth-order valence-electron chi connectivity index (χ4n) is 7.51. The molecule has 3 heterocycles. The van der Waals surface area contributed by atoms with Gasteiger partial charge in [-0.1, -0.05) is 42.8 Å². The third kappa shape index (κ3) is 9.19. The van der Waals surface area contributed by atoms with Gasteiger partial charge in [-0.25, -0.2) is 4.21 Å². The van der Waals surface area contributed by atoms with E-state index in [-0.39, 0.29) is 47.3 Å². The van der Waals surface area contributed by atoms with Gasteiger partial charge in [-0.15, -0.1) is 16.0 Å². The van der Waals surface area contributed by atoms with E-state index in [1.165, 1.54) is 23.6 Å². The first-order valence-electron chi connectivity index (χ1n) is 18.4. The van der Waals surface area contributed by atoms with Gasteiger partial charge in [0, 0.05) is 49.9 Å². The van der Waals surface area contributed by atoms with E-state index in [2.05, 4.69) is 31.7 Å². The zero-order valence-corrected chi connectivity index (χ0v) is 32.9. The highest BCUT2D eigenvalue weighted by atomic mass is 35.5. The number of anilines is 1. The first kappa shape index (κ1) is 39.5. The summed E-state index contributed by atoms with van der Waals surface area (Å²) in [6, 6.07) is 11.2. The number of aryl methyl sites for hydroxylation is 2. The van der Waals surface area contributed by atoms with Crippen molar-refractivity contribution in [1.82, 2.24) is 14.5 Å². The second-order valence-corrected chi connectivity index (χ2v) is 16.7. The second kappa shape index (κ2) is 17.5. The lowest BCUT2D eigenvalue weighted by Crippen LogP contribution is -2.43. The van der Waals surface area contributed by atoms with Crippen molar-refractivity contribution in [2.45, 2.75) is 57.8 Å². The van der Waals surface area contributed by atoms with Crippen LogP contribution in [0.2, 0.25) is 5.02 Å². The van der Waals surface area contributed by atoms with Gasteiger partial charge in [-0.3, -0.25) is 19.0 Å². The number of halogens is 1. The van der Waals surface area contributed by atoms with Crippen LogP contribution in [0.25, 0.3) is 0 Å². The normalized spacial score (nSPS) is 26.7. The molecule has 1 N–H and O–H groups in total. The Kier molecular flexibility index (Phi) is 12.8. The summed E-state index contributed by atoms with van der Waals surface area (Å²) in [5.74, 6) is -0.921. The summed E-state index contributed by atoms with van der Waals surface area (Å²) in [5, 5.41) is 4.85. The summed E-state index contributed by atoms with van der Waals surface area (Å²) in [5.41, 5.74) is 3.34. The minimum absolute atomic E-state index is 0.0498. The van der Waals surface area contributed by atoms with Crippen LogP contribution >= 0.6 is 11.6 Å². The van der Waals surface area contributed by atoms with Gasteiger partial charge in [-0.2, -0.15) is 0 Å². The minimum atomic E-state index is -3.77. The fraction of sp³-hybridized carbons (Fsp3) is 0.475. The highest BCUT2D eigenvalue weighted by Crippen LogP contribution is 2.42. The number of rotatable bonds is 7. The summed E-state index contributed by atoms with van der Waals surface area (Å²) in [6.07, 6.45) is 10.9. The van der Waals surface area contributed by atoms with Crippen LogP contribution in [0.3, 0.4) is 0 Å². The number of nitrogens with one attached hydrogen (secondary N) is 1. The number of fused-ring (bicyclic) bond motifs is 3. The Morgan fingerprint density at radius 1 is 1.13 bits per heavy atom. The topological polar surface area (TPSA) is 134 Å². The number of nitrogens with zero attached hydrogens (tertiary/aromatic N) is 4. The molecule has 0 radical (unpaired) electrons. The average Bonchev–Trinajstić information content (AvgIpc) is 3.51. The van der Waals surface area contributed by atoms with Gasteiger partial charge >= 0.3 is 0 Å². The summed E-state index contributed by atoms with van der Waals surface area (Å²) in [4.78, 5) is 30.2. The van der Waals surface area contributed by atoms with Gasteiger partial charge in [0.2, 0.25) is 5.88 Å². The van der Waals surface area contributed by atoms with Crippen LogP contribution in [0.5, 0.6) is 11.6 Å². The summed E-state index contributed by atoms with van der Waals surface area (Å²) < 4.78 is 47.2. The van der Waals surface area contributed by atoms with Crippen molar-refractivity contribution < 1.29 is 32.7 Å². The van der Waals surface area contributed by atoms with E-state index >= 15 is 0 Å². The second-order valence-electron chi connectivity index (χ2n) is 14.3. The molecule has 290 valence electrons. The quantitative estimate of drug-likeness (QED) is 0.264. The van der Waals surface area contributed by atoms with Crippen LogP contribution in [0.1, 0.15) is 64.4 Å². The predicted molar refractivity (Wildman–Crippen MR) is 210 cm³/mol. The average molecular weight is 780 g/mol. The number of aromatic nitrogens is 2. The molecule has 3 aromatic rings. The molecule has 2 amide bonds. The lowest BCUT2D eigenvalue weighted by atomic mass is 9.70. The predicted octanol–water partition coefficient (Wildman–Crippen LogP) is 6.58. The van der Waals surface area contributed by atoms with Crippen molar-refractivity contribution in [3.05, 3.63) is 94.7 Å². The lowest BCUT2D eigenvalue weighted by molar-refractivity contribution is 0.0117. The van der Waals surface area contributed by atoms with Crippen LogP contribution in [0.15, 0.2) is 71.8 Å². The Labute approximate surface area is 323 Å². The van der Waals surface area contributed by atoms with Crippen molar-refractivity contribution in [2.24, 2.45) is 29.2 Å². The van der Waals surface area contributed by atoms with Gasteiger partial charge in [-0.05, 0) is 85.4 Å². The summed E-state index contributed by atoms with van der Waals surface area (Å²) in [7, 11) is 0.980. The third-order valence-electron chi connectivity index (χ3n) is 10.5. The van der Waals surface area contributed by atoms with Gasteiger partial charge < -0.3 is 23.8 Å².